The fraction of sp³-hybridized carbons (Fsp3) is 0.556. The van der Waals surface area contributed by atoms with Crippen molar-refractivity contribution in [2.45, 2.75) is 39.2 Å². The molecule has 0 aliphatic rings. The van der Waals surface area contributed by atoms with Gasteiger partial charge < -0.3 is 19.5 Å². The lowest BCUT2D eigenvalue weighted by Gasteiger charge is -2.08. The molecule has 1 aromatic carbocycles. The van der Waals surface area contributed by atoms with Crippen molar-refractivity contribution in [3.05, 3.63) is 35.9 Å². The quantitative estimate of drug-likeness (QED) is 0.469. The van der Waals surface area contributed by atoms with E-state index in [0.29, 0.717) is 26.2 Å². The van der Waals surface area contributed by atoms with Gasteiger partial charge in [0, 0.05) is 13.0 Å². The second kappa shape index (κ2) is 13.4. The smallest absolute Gasteiger partial charge is 0.407 e. The number of alkyl carbamates (subject to hydrolysis) is 1. The van der Waals surface area contributed by atoms with Gasteiger partial charge in [-0.25, -0.2) is 4.79 Å². The molecule has 1 amide bonds. The Kier molecular flexibility index (Phi) is 11.1. The normalized spacial score (nSPS) is 10.2. The first-order valence-electron chi connectivity index (χ1n) is 8.40. The SMILES string of the molecule is CCCCCC(=O)OCCOCCNC(=O)OCc1ccccc1. The highest BCUT2D eigenvalue weighted by atomic mass is 16.6. The Hall–Kier alpha value is -2.08. The zero-order valence-electron chi connectivity index (χ0n) is 14.3. The Morgan fingerprint density at radius 2 is 1.79 bits per heavy atom. The standard InChI is InChI=1S/C18H27NO5/c1-2-3-5-10-17(20)23-14-13-22-12-11-19-18(21)24-15-16-8-6-4-7-9-16/h4,6-9H,2-3,5,10-15H2,1H3,(H,19,21). The van der Waals surface area contributed by atoms with Gasteiger partial charge in [-0.3, -0.25) is 4.79 Å². The maximum atomic E-state index is 11.5. The molecule has 1 aromatic rings. The van der Waals surface area contributed by atoms with Gasteiger partial charge in [0.1, 0.15) is 13.2 Å². The molecule has 0 bridgehead atoms. The van der Waals surface area contributed by atoms with Crippen LogP contribution in [-0.2, 0) is 25.6 Å². The summed E-state index contributed by atoms with van der Waals surface area (Å²) < 4.78 is 15.4. The van der Waals surface area contributed by atoms with E-state index in [0.717, 1.165) is 24.8 Å². The van der Waals surface area contributed by atoms with Gasteiger partial charge in [0.15, 0.2) is 0 Å². The van der Waals surface area contributed by atoms with Crippen molar-refractivity contribution in [3.8, 4) is 0 Å². The molecular formula is C18H27NO5. The molecule has 6 nitrogen and oxygen atoms in total. The lowest BCUT2D eigenvalue weighted by atomic mass is 10.2. The van der Waals surface area contributed by atoms with Crippen LogP contribution in [0.3, 0.4) is 0 Å². The summed E-state index contributed by atoms with van der Waals surface area (Å²) in [6.45, 7) is 3.57. The number of rotatable bonds is 12. The minimum atomic E-state index is -0.482. The molecule has 0 aliphatic carbocycles. The molecular weight excluding hydrogens is 310 g/mol. The third-order valence-corrected chi connectivity index (χ3v) is 3.20. The average molecular weight is 337 g/mol. The number of carbonyl (C=O) groups excluding carboxylic acids is 2. The molecule has 0 saturated carbocycles. The molecule has 134 valence electrons. The number of amides is 1. The summed E-state index contributed by atoms with van der Waals surface area (Å²) in [4.78, 5) is 22.8. The monoisotopic (exact) mass is 337 g/mol. The number of carbonyl (C=O) groups is 2. The maximum absolute atomic E-state index is 11.5. The summed E-state index contributed by atoms with van der Waals surface area (Å²) in [6, 6.07) is 9.46. The fourth-order valence-electron chi connectivity index (χ4n) is 1.91. The summed E-state index contributed by atoms with van der Waals surface area (Å²) >= 11 is 0. The Morgan fingerprint density at radius 3 is 2.54 bits per heavy atom. The van der Waals surface area contributed by atoms with Gasteiger partial charge in [-0.05, 0) is 12.0 Å². The van der Waals surface area contributed by atoms with Crippen molar-refractivity contribution in [3.63, 3.8) is 0 Å². The summed E-state index contributed by atoms with van der Waals surface area (Å²) in [7, 11) is 0. The Labute approximate surface area is 143 Å². The molecule has 1 N–H and O–H groups in total. The summed E-state index contributed by atoms with van der Waals surface area (Å²) in [5, 5.41) is 2.59. The Balaban J connectivity index is 1.91. The third kappa shape index (κ3) is 10.6. The molecule has 0 aliphatic heterocycles. The lowest BCUT2D eigenvalue weighted by molar-refractivity contribution is -0.145. The van der Waals surface area contributed by atoms with E-state index in [2.05, 4.69) is 12.2 Å². The molecule has 1 rings (SSSR count). The van der Waals surface area contributed by atoms with Crippen molar-refractivity contribution in [1.29, 1.82) is 0 Å². The first-order chi connectivity index (χ1) is 11.7. The van der Waals surface area contributed by atoms with Gasteiger partial charge in [-0.2, -0.15) is 0 Å². The van der Waals surface area contributed by atoms with Crippen molar-refractivity contribution in [2.75, 3.05) is 26.4 Å². The van der Waals surface area contributed by atoms with E-state index >= 15 is 0 Å². The molecule has 0 spiro atoms. The Morgan fingerprint density at radius 1 is 1.00 bits per heavy atom. The van der Waals surface area contributed by atoms with E-state index in [9.17, 15) is 9.59 Å². The number of nitrogens with one attached hydrogen (secondary N) is 1. The van der Waals surface area contributed by atoms with Crippen LogP contribution >= 0.6 is 0 Å². The van der Waals surface area contributed by atoms with Crippen LogP contribution in [0.1, 0.15) is 38.2 Å². The van der Waals surface area contributed by atoms with Crippen LogP contribution < -0.4 is 5.32 Å². The predicted octanol–water partition coefficient (Wildman–Crippen LogP) is 3.05. The number of hydrogen-bond donors (Lipinski definition) is 1. The average Bonchev–Trinajstić information content (AvgIpc) is 2.60. The number of hydrogen-bond acceptors (Lipinski definition) is 5. The zero-order valence-corrected chi connectivity index (χ0v) is 14.3. The first-order valence-corrected chi connectivity index (χ1v) is 8.40. The van der Waals surface area contributed by atoms with Crippen LogP contribution in [0, 0.1) is 0 Å². The molecule has 0 heterocycles. The van der Waals surface area contributed by atoms with Crippen LogP contribution in [-0.4, -0.2) is 38.4 Å². The number of unbranched alkanes of at least 4 members (excludes halogenated alkanes) is 2. The van der Waals surface area contributed by atoms with Crippen molar-refractivity contribution >= 4 is 12.1 Å². The van der Waals surface area contributed by atoms with E-state index in [1.165, 1.54) is 0 Å². The van der Waals surface area contributed by atoms with Gasteiger partial charge in [0.05, 0.1) is 13.2 Å². The van der Waals surface area contributed by atoms with Crippen molar-refractivity contribution < 1.29 is 23.8 Å². The van der Waals surface area contributed by atoms with Gasteiger partial charge in [0.2, 0.25) is 0 Å². The topological polar surface area (TPSA) is 73.9 Å². The molecule has 0 atom stereocenters. The number of ether oxygens (including phenoxy) is 3. The molecule has 6 heteroatoms. The van der Waals surface area contributed by atoms with Gasteiger partial charge in [-0.15, -0.1) is 0 Å². The van der Waals surface area contributed by atoms with Crippen LogP contribution in [0.2, 0.25) is 0 Å². The second-order valence-electron chi connectivity index (χ2n) is 5.28. The highest BCUT2D eigenvalue weighted by Crippen LogP contribution is 2.01. The number of esters is 1. The molecule has 0 unspecified atom stereocenters. The molecule has 0 radical (unpaired) electrons. The largest absolute Gasteiger partial charge is 0.463 e. The van der Waals surface area contributed by atoms with E-state index in [-0.39, 0.29) is 19.2 Å². The van der Waals surface area contributed by atoms with Crippen LogP contribution in [0.4, 0.5) is 4.79 Å². The van der Waals surface area contributed by atoms with Gasteiger partial charge >= 0.3 is 12.1 Å². The minimum absolute atomic E-state index is 0.185. The van der Waals surface area contributed by atoms with E-state index in [1.54, 1.807) is 0 Å². The first kappa shape index (κ1) is 20.0. The Bertz CT molecular complexity index is 464. The highest BCUT2D eigenvalue weighted by Gasteiger charge is 2.03. The number of benzene rings is 1. The third-order valence-electron chi connectivity index (χ3n) is 3.20. The molecule has 0 fully saturated rings. The molecule has 0 saturated heterocycles. The van der Waals surface area contributed by atoms with Crippen LogP contribution in [0.25, 0.3) is 0 Å². The minimum Gasteiger partial charge on any atom is -0.463 e. The van der Waals surface area contributed by atoms with Gasteiger partial charge in [0.25, 0.3) is 0 Å². The predicted molar refractivity (Wildman–Crippen MR) is 90.5 cm³/mol. The maximum Gasteiger partial charge on any atom is 0.407 e. The van der Waals surface area contributed by atoms with Crippen molar-refractivity contribution in [1.82, 2.24) is 5.32 Å². The van der Waals surface area contributed by atoms with E-state index < -0.39 is 6.09 Å². The summed E-state index contributed by atoms with van der Waals surface area (Å²) in [5.41, 5.74) is 0.935. The second-order valence-corrected chi connectivity index (χ2v) is 5.28. The van der Waals surface area contributed by atoms with Crippen LogP contribution in [0.5, 0.6) is 0 Å². The summed E-state index contributed by atoms with van der Waals surface area (Å²) in [6.07, 6.45) is 2.97. The van der Waals surface area contributed by atoms with Crippen LogP contribution in [0.15, 0.2) is 30.3 Å². The fourth-order valence-corrected chi connectivity index (χ4v) is 1.91. The summed E-state index contributed by atoms with van der Waals surface area (Å²) in [5.74, 6) is -0.185. The zero-order chi connectivity index (χ0) is 17.5. The highest BCUT2D eigenvalue weighted by molar-refractivity contribution is 5.69. The van der Waals surface area contributed by atoms with E-state index in [1.807, 2.05) is 30.3 Å². The molecule has 24 heavy (non-hydrogen) atoms. The van der Waals surface area contributed by atoms with Crippen molar-refractivity contribution in [2.24, 2.45) is 0 Å². The lowest BCUT2D eigenvalue weighted by Crippen LogP contribution is -2.28. The van der Waals surface area contributed by atoms with E-state index in [4.69, 9.17) is 14.2 Å². The molecule has 0 aromatic heterocycles. The van der Waals surface area contributed by atoms with Gasteiger partial charge in [-0.1, -0.05) is 50.1 Å².